The van der Waals surface area contributed by atoms with Crippen LogP contribution >= 0.6 is 0 Å². The van der Waals surface area contributed by atoms with Crippen LogP contribution in [0.15, 0.2) is 176 Å². The second-order valence-corrected chi connectivity index (χ2v) is 17.8. The Morgan fingerprint density at radius 1 is 0.362 bits per heavy atom. The molecule has 0 aromatic heterocycles. The molecule has 0 heterocycles. The molecule has 0 saturated heterocycles. The van der Waals surface area contributed by atoms with E-state index in [0.29, 0.717) is 0 Å². The molecule has 0 aliphatic heterocycles. The van der Waals surface area contributed by atoms with Crippen LogP contribution in [-0.4, -0.2) is 0 Å². The van der Waals surface area contributed by atoms with Gasteiger partial charge in [-0.05, 0) is 122 Å². The second kappa shape index (κ2) is 12.3. The molecule has 280 valence electrons. The van der Waals surface area contributed by atoms with Crippen molar-refractivity contribution in [1.82, 2.24) is 0 Å². The maximum atomic E-state index is 2.59. The molecule has 0 unspecified atom stereocenters. The van der Waals surface area contributed by atoms with E-state index in [1.54, 1.807) is 0 Å². The van der Waals surface area contributed by atoms with E-state index in [-0.39, 0.29) is 10.8 Å². The average molecular weight is 746 g/mol. The molecule has 0 N–H and O–H groups in total. The summed E-state index contributed by atoms with van der Waals surface area (Å²) in [6.07, 6.45) is 0. The fourth-order valence-corrected chi connectivity index (χ4v) is 11.4. The normalized spacial score (nSPS) is 15.5. The fraction of sp³-hybridized carbons (Fsp3) is 0.158. The monoisotopic (exact) mass is 745 g/mol. The third-order valence-corrected chi connectivity index (χ3v) is 13.9. The fourth-order valence-electron chi connectivity index (χ4n) is 11.4. The van der Waals surface area contributed by atoms with Crippen LogP contribution in [0, 0.1) is 13.8 Å². The van der Waals surface area contributed by atoms with Crippen LogP contribution in [0.25, 0.3) is 33.4 Å². The molecule has 0 bridgehead atoms. The summed E-state index contributed by atoms with van der Waals surface area (Å²) >= 11 is 0. The summed E-state index contributed by atoms with van der Waals surface area (Å²) in [4.78, 5) is 2.59. The van der Waals surface area contributed by atoms with Gasteiger partial charge in [-0.1, -0.05) is 179 Å². The van der Waals surface area contributed by atoms with Gasteiger partial charge in [-0.2, -0.15) is 0 Å². The summed E-state index contributed by atoms with van der Waals surface area (Å²) < 4.78 is 0. The van der Waals surface area contributed by atoms with Crippen molar-refractivity contribution in [3.05, 3.63) is 232 Å². The van der Waals surface area contributed by atoms with E-state index in [1.807, 2.05) is 0 Å². The molecule has 0 spiro atoms. The van der Waals surface area contributed by atoms with Gasteiger partial charge in [0, 0.05) is 27.8 Å². The number of hydrogen-bond acceptors (Lipinski definition) is 1. The lowest BCUT2D eigenvalue weighted by Crippen LogP contribution is -2.31. The highest BCUT2D eigenvalue weighted by atomic mass is 15.1. The summed E-state index contributed by atoms with van der Waals surface area (Å²) in [5.74, 6) is 0. The Kier molecular flexibility index (Phi) is 7.36. The van der Waals surface area contributed by atoms with E-state index < -0.39 is 5.41 Å². The van der Waals surface area contributed by atoms with E-state index in [2.05, 4.69) is 222 Å². The highest BCUT2D eigenvalue weighted by molar-refractivity contribution is 5.96. The van der Waals surface area contributed by atoms with E-state index in [9.17, 15) is 0 Å². The quantitative estimate of drug-likeness (QED) is 0.170. The highest BCUT2D eigenvalue weighted by Crippen LogP contribution is 2.62. The summed E-state index contributed by atoms with van der Waals surface area (Å²) in [5.41, 5.74) is 24.0. The largest absolute Gasteiger partial charge is 0.310 e. The number of benzene rings is 8. The van der Waals surface area contributed by atoms with Crippen molar-refractivity contribution < 1.29 is 0 Å². The molecule has 3 aliphatic rings. The lowest BCUT2D eigenvalue weighted by Gasteiger charge is -2.39. The van der Waals surface area contributed by atoms with E-state index in [4.69, 9.17) is 0 Å². The minimum absolute atomic E-state index is 0.142. The van der Waals surface area contributed by atoms with Crippen LogP contribution in [0.2, 0.25) is 0 Å². The number of anilines is 3. The van der Waals surface area contributed by atoms with Crippen molar-refractivity contribution in [2.75, 3.05) is 4.90 Å². The first-order valence-electron chi connectivity index (χ1n) is 20.8. The third kappa shape index (κ3) is 4.59. The first-order valence-corrected chi connectivity index (χ1v) is 20.8. The van der Waals surface area contributed by atoms with E-state index in [0.717, 1.165) is 0 Å². The predicted molar refractivity (Wildman–Crippen MR) is 243 cm³/mol. The van der Waals surface area contributed by atoms with Gasteiger partial charge in [-0.15, -0.1) is 0 Å². The Bertz CT molecular complexity index is 2820. The molecule has 0 fully saturated rings. The Hall–Kier alpha value is -6.44. The zero-order valence-corrected chi connectivity index (χ0v) is 34.2. The van der Waals surface area contributed by atoms with Crippen LogP contribution in [0.5, 0.6) is 0 Å². The molecule has 1 heteroatoms. The Morgan fingerprint density at radius 2 is 0.828 bits per heavy atom. The van der Waals surface area contributed by atoms with Crippen LogP contribution in [0.1, 0.15) is 83.3 Å². The maximum absolute atomic E-state index is 2.59. The number of nitrogens with zero attached hydrogens (tertiary/aromatic N) is 1. The van der Waals surface area contributed by atoms with Gasteiger partial charge >= 0.3 is 0 Å². The third-order valence-electron chi connectivity index (χ3n) is 13.9. The van der Waals surface area contributed by atoms with Crippen molar-refractivity contribution >= 4 is 17.1 Å². The maximum Gasteiger partial charge on any atom is 0.0736 e. The van der Waals surface area contributed by atoms with Gasteiger partial charge in [-0.3, -0.25) is 0 Å². The van der Waals surface area contributed by atoms with Crippen LogP contribution in [-0.2, 0) is 16.2 Å². The lowest BCUT2D eigenvalue weighted by atomic mass is 9.66. The van der Waals surface area contributed by atoms with Crippen LogP contribution < -0.4 is 4.90 Å². The molecule has 1 nitrogen and oxygen atoms in total. The SMILES string of the molecule is Cc1cc(C)c2c(c1)-c1cccc(N(c3ccc4c(c3)C(C)(C)c3ccccc3-4)c3ccc4c(c3)C(C)(C)c3ccccc3-4)c1C2(c1ccccc1)c1ccccc1. The van der Waals surface area contributed by atoms with Gasteiger partial charge in [-0.25, -0.2) is 0 Å². The molecule has 11 rings (SSSR count). The first-order chi connectivity index (χ1) is 28.1. The minimum Gasteiger partial charge on any atom is -0.310 e. The molecule has 3 aliphatic carbocycles. The zero-order chi connectivity index (χ0) is 39.6. The van der Waals surface area contributed by atoms with Gasteiger partial charge in [0.25, 0.3) is 0 Å². The number of rotatable bonds is 5. The Morgan fingerprint density at radius 3 is 1.36 bits per heavy atom. The van der Waals surface area contributed by atoms with Crippen LogP contribution in [0.3, 0.4) is 0 Å². The van der Waals surface area contributed by atoms with Gasteiger partial charge in [0.05, 0.1) is 11.1 Å². The minimum atomic E-state index is -0.571. The topological polar surface area (TPSA) is 3.24 Å². The van der Waals surface area contributed by atoms with E-state index >= 15 is 0 Å². The summed E-state index contributed by atoms with van der Waals surface area (Å²) in [6.45, 7) is 14.1. The lowest BCUT2D eigenvalue weighted by molar-refractivity contribution is 0.660. The summed E-state index contributed by atoms with van der Waals surface area (Å²) in [6, 6.07) is 66.8. The Balaban J connectivity index is 1.25. The molecular weight excluding hydrogens is 699 g/mol. The van der Waals surface area contributed by atoms with E-state index in [1.165, 1.54) is 106 Å². The highest BCUT2D eigenvalue weighted by Gasteiger charge is 2.50. The molecule has 0 amide bonds. The van der Waals surface area contributed by atoms with Crippen LogP contribution in [0.4, 0.5) is 17.1 Å². The van der Waals surface area contributed by atoms with Crippen molar-refractivity contribution in [1.29, 1.82) is 0 Å². The van der Waals surface area contributed by atoms with Gasteiger partial charge < -0.3 is 4.90 Å². The molecule has 58 heavy (non-hydrogen) atoms. The number of hydrogen-bond donors (Lipinski definition) is 0. The summed E-state index contributed by atoms with van der Waals surface area (Å²) in [7, 11) is 0. The van der Waals surface area contributed by atoms with Gasteiger partial charge in [0.2, 0.25) is 0 Å². The smallest absolute Gasteiger partial charge is 0.0736 e. The second-order valence-electron chi connectivity index (χ2n) is 17.8. The van der Waals surface area contributed by atoms with Crippen molar-refractivity contribution in [2.45, 2.75) is 57.8 Å². The molecule has 0 atom stereocenters. The van der Waals surface area contributed by atoms with Crippen molar-refractivity contribution in [3.63, 3.8) is 0 Å². The molecule has 0 saturated carbocycles. The predicted octanol–water partition coefficient (Wildman–Crippen LogP) is 14.7. The van der Waals surface area contributed by atoms with Crippen molar-refractivity contribution in [2.24, 2.45) is 0 Å². The number of aryl methyl sites for hydroxylation is 2. The first kappa shape index (κ1) is 34.8. The average Bonchev–Trinajstić information content (AvgIpc) is 3.77. The van der Waals surface area contributed by atoms with Gasteiger partial charge in [0.15, 0.2) is 0 Å². The molecular formula is C57H47N. The summed E-state index contributed by atoms with van der Waals surface area (Å²) in [5, 5.41) is 0. The van der Waals surface area contributed by atoms with Gasteiger partial charge in [0.1, 0.15) is 0 Å². The molecule has 8 aromatic rings. The number of fused-ring (bicyclic) bond motifs is 9. The zero-order valence-electron chi connectivity index (χ0n) is 34.2. The molecule has 0 radical (unpaired) electrons. The van der Waals surface area contributed by atoms with Crippen molar-refractivity contribution in [3.8, 4) is 33.4 Å². The molecule has 8 aromatic carbocycles. The Labute approximate surface area is 343 Å². The standard InChI is InChI=1S/C57H47N/c1-36-32-37(2)53-47(33-36)46-24-17-27-52(54(46)57(53,38-18-9-7-10-19-38)39-20-11-8-12-21-39)58(40-28-30-44-42-22-13-15-25-48(42)55(3,4)50(44)34-40)41-29-31-45-43-23-14-16-26-49(43)56(5,6)51(45)35-41/h7-35H,1-6H3.